The molecule has 1 N–H and O–H groups in total. The van der Waals surface area contributed by atoms with E-state index in [1.165, 1.54) is 29.5 Å². The van der Waals surface area contributed by atoms with Gasteiger partial charge in [-0.3, -0.25) is 4.79 Å². The van der Waals surface area contributed by atoms with Crippen molar-refractivity contribution in [3.8, 4) is 0 Å². The number of rotatable bonds is 5. The Labute approximate surface area is 149 Å². The van der Waals surface area contributed by atoms with Crippen molar-refractivity contribution in [1.82, 2.24) is 0 Å². The third-order valence-electron chi connectivity index (χ3n) is 5.21. The van der Waals surface area contributed by atoms with E-state index in [0.717, 1.165) is 12.8 Å². The molecule has 0 spiro atoms. The zero-order valence-electron chi connectivity index (χ0n) is 15.2. The van der Waals surface area contributed by atoms with Crippen molar-refractivity contribution in [3.05, 3.63) is 46.2 Å². The van der Waals surface area contributed by atoms with Crippen LogP contribution in [0.15, 0.2) is 34.7 Å². The van der Waals surface area contributed by atoms with Gasteiger partial charge in [-0.1, -0.05) is 30.3 Å². The minimum Gasteiger partial charge on any atom is -0.511 e. The van der Waals surface area contributed by atoms with Crippen LogP contribution in [-0.2, 0) is 22.5 Å². The van der Waals surface area contributed by atoms with Crippen LogP contribution in [0.25, 0.3) is 0 Å². The molecule has 1 aromatic rings. The minimum atomic E-state index is -0.0354. The third kappa shape index (κ3) is 3.78. The molecule has 0 bridgehead atoms. The second-order valence-corrected chi connectivity index (χ2v) is 6.89. The van der Waals surface area contributed by atoms with Crippen molar-refractivity contribution in [1.29, 1.82) is 0 Å². The molecule has 0 amide bonds. The molecule has 0 aromatic heterocycles. The number of aryl methyl sites for hydroxylation is 2. The molecule has 25 heavy (non-hydrogen) atoms. The molecule has 0 radical (unpaired) electrons. The van der Waals surface area contributed by atoms with E-state index in [9.17, 15) is 9.90 Å². The minimum absolute atomic E-state index is 0.0354. The number of Topliss-reactive ketones (excluding diaryl/α,β-unsaturated/α-hetero) is 1. The van der Waals surface area contributed by atoms with Gasteiger partial charge in [-0.15, -0.1) is 0 Å². The number of aliphatic hydroxyl groups is 1. The largest absolute Gasteiger partial charge is 0.511 e. The molecule has 2 aliphatic carbocycles. The molecule has 0 heterocycles. The second-order valence-electron chi connectivity index (χ2n) is 6.89. The summed E-state index contributed by atoms with van der Waals surface area (Å²) < 4.78 is 0. The molecule has 2 aliphatic rings. The van der Waals surface area contributed by atoms with Gasteiger partial charge in [0.15, 0.2) is 5.78 Å². The summed E-state index contributed by atoms with van der Waals surface area (Å²) in [5.74, 6) is 0.166. The monoisotopic (exact) mass is 341 g/mol. The van der Waals surface area contributed by atoms with Gasteiger partial charge in [-0.05, 0) is 61.6 Å². The SMILES string of the molecule is CCO/N=C(/CC)C1=C(O)CC(c2ccc3c(c2)CCCC3)CC1=O. The zero-order valence-corrected chi connectivity index (χ0v) is 15.2. The van der Waals surface area contributed by atoms with Gasteiger partial charge >= 0.3 is 0 Å². The summed E-state index contributed by atoms with van der Waals surface area (Å²) in [6.45, 7) is 4.21. The van der Waals surface area contributed by atoms with E-state index in [1.54, 1.807) is 0 Å². The first kappa shape index (κ1) is 17.7. The lowest BCUT2D eigenvalue weighted by atomic mass is 9.79. The van der Waals surface area contributed by atoms with Crippen molar-refractivity contribution in [3.63, 3.8) is 0 Å². The molecule has 0 saturated heterocycles. The summed E-state index contributed by atoms with van der Waals surface area (Å²) >= 11 is 0. The lowest BCUT2D eigenvalue weighted by Crippen LogP contribution is -2.24. The fourth-order valence-electron chi connectivity index (χ4n) is 3.89. The van der Waals surface area contributed by atoms with E-state index >= 15 is 0 Å². The topological polar surface area (TPSA) is 58.9 Å². The van der Waals surface area contributed by atoms with Crippen LogP contribution in [0.5, 0.6) is 0 Å². The highest BCUT2D eigenvalue weighted by atomic mass is 16.6. The van der Waals surface area contributed by atoms with E-state index in [0.29, 0.717) is 37.2 Å². The highest BCUT2D eigenvalue weighted by Crippen LogP contribution is 2.36. The van der Waals surface area contributed by atoms with E-state index in [1.807, 2.05) is 13.8 Å². The molecule has 3 rings (SSSR count). The Kier molecular flexibility index (Phi) is 5.57. The van der Waals surface area contributed by atoms with Crippen LogP contribution in [0.4, 0.5) is 0 Å². The Morgan fingerprint density at radius 3 is 2.64 bits per heavy atom. The standard InChI is InChI=1S/C21H27NO3/c1-3-18(22-25-4-2)21-19(23)12-17(13-20(21)24)16-10-9-14-7-5-6-8-15(14)11-16/h9-11,17,23H,3-8,12-13H2,1-2H3/b22-18-. The molecular weight excluding hydrogens is 314 g/mol. The van der Waals surface area contributed by atoms with E-state index in [-0.39, 0.29) is 17.5 Å². The number of ketones is 1. The summed E-state index contributed by atoms with van der Waals surface area (Å²) in [5, 5.41) is 14.6. The van der Waals surface area contributed by atoms with Crippen LogP contribution in [0.1, 0.15) is 68.6 Å². The van der Waals surface area contributed by atoms with Crippen LogP contribution < -0.4 is 0 Å². The maximum absolute atomic E-state index is 12.7. The number of oxime groups is 1. The van der Waals surface area contributed by atoms with Crippen molar-refractivity contribution >= 4 is 11.5 Å². The molecule has 0 fully saturated rings. The number of aliphatic hydroxyl groups excluding tert-OH is 1. The Bertz CT molecular complexity index is 718. The van der Waals surface area contributed by atoms with Gasteiger partial charge in [0, 0.05) is 12.8 Å². The average molecular weight is 341 g/mol. The van der Waals surface area contributed by atoms with E-state index in [2.05, 4.69) is 23.4 Å². The summed E-state index contributed by atoms with van der Waals surface area (Å²) in [6, 6.07) is 6.59. The van der Waals surface area contributed by atoms with Gasteiger partial charge in [0.1, 0.15) is 12.4 Å². The van der Waals surface area contributed by atoms with Crippen LogP contribution in [0, 0.1) is 0 Å². The summed E-state index contributed by atoms with van der Waals surface area (Å²) in [7, 11) is 0. The van der Waals surface area contributed by atoms with Crippen LogP contribution in [0.2, 0.25) is 0 Å². The summed E-state index contributed by atoms with van der Waals surface area (Å²) in [4.78, 5) is 17.8. The Hall–Kier alpha value is -2.10. The van der Waals surface area contributed by atoms with Crippen LogP contribution >= 0.6 is 0 Å². The van der Waals surface area contributed by atoms with Crippen molar-refractivity contribution in [2.45, 2.75) is 64.7 Å². The maximum Gasteiger partial charge on any atom is 0.168 e. The molecule has 134 valence electrons. The molecule has 4 heteroatoms. The smallest absolute Gasteiger partial charge is 0.168 e. The quantitative estimate of drug-likeness (QED) is 0.627. The summed E-state index contributed by atoms with van der Waals surface area (Å²) in [5.41, 5.74) is 4.94. The number of carbonyl (C=O) groups is 1. The number of hydrogen-bond acceptors (Lipinski definition) is 4. The van der Waals surface area contributed by atoms with E-state index in [4.69, 9.17) is 4.84 Å². The first-order valence-corrected chi connectivity index (χ1v) is 9.40. The molecule has 1 atom stereocenters. The number of hydrogen-bond donors (Lipinski definition) is 1. The third-order valence-corrected chi connectivity index (χ3v) is 5.21. The first-order valence-electron chi connectivity index (χ1n) is 9.40. The molecule has 0 saturated carbocycles. The predicted molar refractivity (Wildman–Crippen MR) is 99.1 cm³/mol. The zero-order chi connectivity index (χ0) is 17.8. The number of fused-ring (bicyclic) bond motifs is 1. The highest BCUT2D eigenvalue weighted by Gasteiger charge is 2.31. The molecule has 1 aromatic carbocycles. The highest BCUT2D eigenvalue weighted by molar-refractivity contribution is 6.23. The predicted octanol–water partition coefficient (Wildman–Crippen LogP) is 4.63. The van der Waals surface area contributed by atoms with Crippen molar-refractivity contribution in [2.75, 3.05) is 6.61 Å². The number of allylic oxidation sites excluding steroid dienone is 2. The number of carbonyl (C=O) groups excluding carboxylic acids is 1. The Balaban J connectivity index is 1.85. The maximum atomic E-state index is 12.7. The second kappa shape index (κ2) is 7.85. The van der Waals surface area contributed by atoms with Crippen LogP contribution in [-0.4, -0.2) is 23.2 Å². The van der Waals surface area contributed by atoms with Crippen molar-refractivity contribution < 1.29 is 14.7 Å². The lowest BCUT2D eigenvalue weighted by molar-refractivity contribution is -0.116. The molecule has 1 unspecified atom stereocenters. The first-order chi connectivity index (χ1) is 12.1. The lowest BCUT2D eigenvalue weighted by Gasteiger charge is -2.25. The molecule has 4 nitrogen and oxygen atoms in total. The van der Waals surface area contributed by atoms with Gasteiger partial charge in [-0.25, -0.2) is 0 Å². The van der Waals surface area contributed by atoms with Crippen LogP contribution in [0.3, 0.4) is 0 Å². The Morgan fingerprint density at radius 2 is 1.96 bits per heavy atom. The fourth-order valence-corrected chi connectivity index (χ4v) is 3.89. The van der Waals surface area contributed by atoms with Crippen molar-refractivity contribution in [2.24, 2.45) is 5.16 Å². The van der Waals surface area contributed by atoms with E-state index < -0.39 is 0 Å². The van der Waals surface area contributed by atoms with Gasteiger partial charge in [0.05, 0.1) is 11.3 Å². The normalized spacial score (nSPS) is 21.3. The number of benzene rings is 1. The fraction of sp³-hybridized carbons (Fsp3) is 0.524. The van der Waals surface area contributed by atoms with Gasteiger partial charge in [0.25, 0.3) is 0 Å². The van der Waals surface area contributed by atoms with Gasteiger partial charge in [0.2, 0.25) is 0 Å². The molecular formula is C21H27NO3. The Morgan fingerprint density at radius 1 is 1.20 bits per heavy atom. The number of nitrogens with zero attached hydrogens (tertiary/aromatic N) is 1. The average Bonchev–Trinajstić information content (AvgIpc) is 2.63. The van der Waals surface area contributed by atoms with Gasteiger partial charge in [-0.2, -0.15) is 0 Å². The van der Waals surface area contributed by atoms with Gasteiger partial charge < -0.3 is 9.94 Å². The summed E-state index contributed by atoms with van der Waals surface area (Å²) in [6.07, 6.45) is 6.26. The molecule has 0 aliphatic heterocycles.